The SMILES string of the molecule is N#Cc1ccnc(N2CCN(C(=O)NCCC(c3ccccc3)c3ccccc3)CC2)c1. The van der Waals surface area contributed by atoms with E-state index in [1.165, 1.54) is 11.1 Å². The van der Waals surface area contributed by atoms with Crippen LogP contribution in [-0.4, -0.2) is 48.6 Å². The van der Waals surface area contributed by atoms with E-state index < -0.39 is 0 Å². The Morgan fingerprint density at radius 1 is 0.969 bits per heavy atom. The molecule has 2 aromatic carbocycles. The van der Waals surface area contributed by atoms with Crippen molar-refractivity contribution < 1.29 is 4.79 Å². The molecule has 1 aromatic heterocycles. The third-order valence-corrected chi connectivity index (χ3v) is 5.88. The van der Waals surface area contributed by atoms with Crippen LogP contribution in [0.1, 0.15) is 29.0 Å². The van der Waals surface area contributed by atoms with E-state index >= 15 is 0 Å². The Hall–Kier alpha value is -3.85. The summed E-state index contributed by atoms with van der Waals surface area (Å²) in [6.45, 7) is 3.27. The number of hydrogen-bond acceptors (Lipinski definition) is 4. The number of amides is 2. The van der Waals surface area contributed by atoms with Crippen molar-refractivity contribution in [3.8, 4) is 6.07 Å². The van der Waals surface area contributed by atoms with Crippen LogP contribution in [0.5, 0.6) is 0 Å². The topological polar surface area (TPSA) is 72.3 Å². The van der Waals surface area contributed by atoms with Gasteiger partial charge in [0.05, 0.1) is 11.6 Å². The third-order valence-electron chi connectivity index (χ3n) is 5.88. The van der Waals surface area contributed by atoms with E-state index in [4.69, 9.17) is 5.26 Å². The lowest BCUT2D eigenvalue weighted by Crippen LogP contribution is -2.52. The fraction of sp³-hybridized carbons (Fsp3) is 0.269. The number of nitrogens with zero attached hydrogens (tertiary/aromatic N) is 4. The van der Waals surface area contributed by atoms with Crippen LogP contribution >= 0.6 is 0 Å². The molecule has 1 saturated heterocycles. The molecule has 32 heavy (non-hydrogen) atoms. The summed E-state index contributed by atoms with van der Waals surface area (Å²) in [4.78, 5) is 21.1. The van der Waals surface area contributed by atoms with Crippen molar-refractivity contribution in [2.24, 2.45) is 0 Å². The van der Waals surface area contributed by atoms with Crippen LogP contribution in [0.3, 0.4) is 0 Å². The molecule has 0 bridgehead atoms. The summed E-state index contributed by atoms with van der Waals surface area (Å²) in [5.74, 6) is 1.03. The highest BCUT2D eigenvalue weighted by molar-refractivity contribution is 5.74. The standard InChI is InChI=1S/C26H27N5O/c27-20-21-11-13-28-25(19-21)30-15-17-31(18-16-30)26(32)29-14-12-24(22-7-3-1-4-8-22)23-9-5-2-6-10-23/h1-11,13,19,24H,12,14-18H2,(H,29,32). The van der Waals surface area contributed by atoms with Crippen LogP contribution in [0.4, 0.5) is 10.6 Å². The predicted octanol–water partition coefficient (Wildman–Crippen LogP) is 4.01. The first kappa shape index (κ1) is 21.4. The maximum absolute atomic E-state index is 12.7. The van der Waals surface area contributed by atoms with Crippen molar-refractivity contribution in [3.63, 3.8) is 0 Å². The Morgan fingerprint density at radius 2 is 1.59 bits per heavy atom. The highest BCUT2D eigenvalue weighted by atomic mass is 16.2. The molecular weight excluding hydrogens is 398 g/mol. The molecule has 6 nitrogen and oxygen atoms in total. The lowest BCUT2D eigenvalue weighted by Gasteiger charge is -2.35. The Kier molecular flexibility index (Phi) is 6.98. The number of carbonyl (C=O) groups is 1. The molecule has 6 heteroatoms. The van der Waals surface area contributed by atoms with Gasteiger partial charge >= 0.3 is 6.03 Å². The maximum Gasteiger partial charge on any atom is 0.317 e. The van der Waals surface area contributed by atoms with Gasteiger partial charge in [0.1, 0.15) is 5.82 Å². The molecule has 0 radical (unpaired) electrons. The molecule has 0 unspecified atom stereocenters. The zero-order valence-corrected chi connectivity index (χ0v) is 18.0. The zero-order valence-electron chi connectivity index (χ0n) is 18.0. The minimum absolute atomic E-state index is 0.0248. The summed E-state index contributed by atoms with van der Waals surface area (Å²) < 4.78 is 0. The van der Waals surface area contributed by atoms with Gasteiger partial charge < -0.3 is 15.1 Å². The van der Waals surface area contributed by atoms with E-state index in [1.54, 1.807) is 18.3 Å². The zero-order chi connectivity index (χ0) is 22.2. The molecule has 0 aliphatic carbocycles. The summed E-state index contributed by atoms with van der Waals surface area (Å²) in [5, 5.41) is 12.2. The molecule has 3 aromatic rings. The fourth-order valence-electron chi connectivity index (χ4n) is 4.13. The summed E-state index contributed by atoms with van der Waals surface area (Å²) >= 11 is 0. The molecule has 1 fully saturated rings. The lowest BCUT2D eigenvalue weighted by molar-refractivity contribution is 0.194. The summed E-state index contributed by atoms with van der Waals surface area (Å²) in [7, 11) is 0. The number of aromatic nitrogens is 1. The Balaban J connectivity index is 1.30. The van der Waals surface area contributed by atoms with Gasteiger partial charge in [-0.25, -0.2) is 9.78 Å². The number of piperazine rings is 1. The van der Waals surface area contributed by atoms with Crippen LogP contribution in [-0.2, 0) is 0 Å². The van der Waals surface area contributed by atoms with E-state index in [9.17, 15) is 4.79 Å². The van der Waals surface area contributed by atoms with Gasteiger partial charge in [-0.15, -0.1) is 0 Å². The van der Waals surface area contributed by atoms with Crippen molar-refractivity contribution in [1.29, 1.82) is 5.26 Å². The van der Waals surface area contributed by atoms with Gasteiger partial charge in [0.2, 0.25) is 0 Å². The number of nitriles is 1. The van der Waals surface area contributed by atoms with Gasteiger partial charge in [-0.1, -0.05) is 60.7 Å². The quantitative estimate of drug-likeness (QED) is 0.648. The van der Waals surface area contributed by atoms with E-state index in [0.29, 0.717) is 38.3 Å². The average Bonchev–Trinajstić information content (AvgIpc) is 2.87. The maximum atomic E-state index is 12.7. The first-order valence-corrected chi connectivity index (χ1v) is 11.0. The lowest BCUT2D eigenvalue weighted by atomic mass is 9.88. The molecule has 0 spiro atoms. The molecule has 1 N–H and O–H groups in total. The smallest absolute Gasteiger partial charge is 0.317 e. The number of anilines is 1. The Morgan fingerprint density at radius 3 is 2.19 bits per heavy atom. The number of rotatable bonds is 6. The van der Waals surface area contributed by atoms with Gasteiger partial charge in [-0.2, -0.15) is 5.26 Å². The molecule has 2 heterocycles. The van der Waals surface area contributed by atoms with Gasteiger partial charge in [0.15, 0.2) is 0 Å². The molecule has 0 atom stereocenters. The van der Waals surface area contributed by atoms with E-state index in [1.807, 2.05) is 17.0 Å². The second-order valence-electron chi connectivity index (χ2n) is 7.88. The van der Waals surface area contributed by atoms with E-state index in [0.717, 1.165) is 12.2 Å². The molecule has 1 aliphatic rings. The summed E-state index contributed by atoms with van der Waals surface area (Å²) in [6.07, 6.45) is 2.49. The van der Waals surface area contributed by atoms with Gasteiger partial charge in [-0.3, -0.25) is 0 Å². The van der Waals surface area contributed by atoms with Crippen LogP contribution < -0.4 is 10.2 Å². The minimum atomic E-state index is -0.0248. The number of benzene rings is 2. The predicted molar refractivity (Wildman–Crippen MR) is 125 cm³/mol. The number of carbonyl (C=O) groups excluding carboxylic acids is 1. The van der Waals surface area contributed by atoms with Crippen molar-refractivity contribution >= 4 is 11.8 Å². The molecule has 162 valence electrons. The Labute approximate surface area is 189 Å². The molecule has 0 saturated carbocycles. The molecule has 1 aliphatic heterocycles. The first-order valence-electron chi connectivity index (χ1n) is 11.0. The molecule has 2 amide bonds. The van der Waals surface area contributed by atoms with Crippen molar-refractivity contribution in [2.45, 2.75) is 12.3 Å². The highest BCUT2D eigenvalue weighted by Crippen LogP contribution is 2.27. The number of urea groups is 1. The van der Waals surface area contributed by atoms with Crippen molar-refractivity contribution in [1.82, 2.24) is 15.2 Å². The van der Waals surface area contributed by atoms with E-state index in [2.05, 4.69) is 69.8 Å². The number of pyridine rings is 1. The summed E-state index contributed by atoms with van der Waals surface area (Å²) in [6, 6.07) is 26.5. The van der Waals surface area contributed by atoms with Gasteiger partial charge in [0.25, 0.3) is 0 Å². The average molecular weight is 426 g/mol. The fourth-order valence-corrected chi connectivity index (χ4v) is 4.13. The molecular formula is C26H27N5O. The van der Waals surface area contributed by atoms with Crippen molar-refractivity contribution in [3.05, 3.63) is 95.7 Å². The highest BCUT2D eigenvalue weighted by Gasteiger charge is 2.22. The second-order valence-corrected chi connectivity index (χ2v) is 7.88. The largest absolute Gasteiger partial charge is 0.353 e. The van der Waals surface area contributed by atoms with E-state index in [-0.39, 0.29) is 11.9 Å². The monoisotopic (exact) mass is 425 g/mol. The van der Waals surface area contributed by atoms with Crippen molar-refractivity contribution in [2.75, 3.05) is 37.6 Å². The van der Waals surface area contributed by atoms with Crippen LogP contribution in [0, 0.1) is 11.3 Å². The Bertz CT molecular complexity index is 1020. The summed E-state index contributed by atoms with van der Waals surface area (Å²) in [5.41, 5.74) is 3.11. The van der Waals surface area contributed by atoms with Gasteiger partial charge in [0, 0.05) is 44.8 Å². The number of nitrogens with one attached hydrogen (secondary N) is 1. The normalized spacial score (nSPS) is 13.6. The third kappa shape index (κ3) is 5.25. The second kappa shape index (κ2) is 10.5. The first-order chi connectivity index (χ1) is 15.7. The van der Waals surface area contributed by atoms with Crippen LogP contribution in [0.2, 0.25) is 0 Å². The van der Waals surface area contributed by atoms with Gasteiger partial charge in [-0.05, 0) is 29.7 Å². The minimum Gasteiger partial charge on any atom is -0.353 e. The molecule has 4 rings (SSSR count). The number of hydrogen-bond donors (Lipinski definition) is 1. The van der Waals surface area contributed by atoms with Crippen LogP contribution in [0.15, 0.2) is 79.0 Å². The van der Waals surface area contributed by atoms with Crippen LogP contribution in [0.25, 0.3) is 0 Å².